The van der Waals surface area contributed by atoms with Crippen LogP contribution >= 0.6 is 0 Å². The summed E-state index contributed by atoms with van der Waals surface area (Å²) in [5.74, 6) is 0.517. The minimum absolute atomic E-state index is 0.00757. The smallest absolute Gasteiger partial charge is 0.265 e. The van der Waals surface area contributed by atoms with Gasteiger partial charge in [0.15, 0.2) is 6.61 Å². The fourth-order valence-electron chi connectivity index (χ4n) is 2.95. The Morgan fingerprint density at radius 3 is 3.00 bits per heavy atom. The lowest BCUT2D eigenvalue weighted by Crippen LogP contribution is -2.45. The van der Waals surface area contributed by atoms with Gasteiger partial charge in [-0.25, -0.2) is 0 Å². The van der Waals surface area contributed by atoms with Crippen molar-refractivity contribution in [1.82, 2.24) is 4.90 Å². The van der Waals surface area contributed by atoms with Crippen LogP contribution in [0.5, 0.6) is 5.75 Å². The van der Waals surface area contributed by atoms with E-state index in [4.69, 9.17) is 4.74 Å². The number of carbonyl (C=O) groups is 2. The fraction of sp³-hybridized carbons (Fsp3) is 0.500. The third-order valence-electron chi connectivity index (χ3n) is 4.11. The largest absolute Gasteiger partial charge is 0.482 e. The first-order valence-corrected chi connectivity index (χ1v) is 7.63. The van der Waals surface area contributed by atoms with Gasteiger partial charge in [-0.3, -0.25) is 9.59 Å². The van der Waals surface area contributed by atoms with Crippen LogP contribution in [0, 0.1) is 0 Å². The summed E-state index contributed by atoms with van der Waals surface area (Å²) in [6.45, 7) is 1.42. The zero-order valence-electron chi connectivity index (χ0n) is 12.4. The number of para-hydroxylation sites is 2. The van der Waals surface area contributed by atoms with E-state index in [2.05, 4.69) is 0 Å². The van der Waals surface area contributed by atoms with Crippen LogP contribution in [0.3, 0.4) is 0 Å². The van der Waals surface area contributed by atoms with Gasteiger partial charge in [-0.1, -0.05) is 12.1 Å². The number of carbonyl (C=O) groups excluding carboxylic acids is 2. The van der Waals surface area contributed by atoms with Gasteiger partial charge in [0.05, 0.1) is 11.8 Å². The summed E-state index contributed by atoms with van der Waals surface area (Å²) in [5, 5.41) is 9.64. The first-order chi connectivity index (χ1) is 10.6. The normalized spacial score (nSPS) is 21.3. The monoisotopic (exact) mass is 304 g/mol. The highest BCUT2D eigenvalue weighted by Crippen LogP contribution is 2.31. The Hall–Kier alpha value is -2.08. The molecule has 118 valence electrons. The number of aliphatic hydroxyl groups is 1. The Morgan fingerprint density at radius 1 is 1.36 bits per heavy atom. The second-order valence-corrected chi connectivity index (χ2v) is 5.69. The van der Waals surface area contributed by atoms with Crippen LogP contribution in [0.25, 0.3) is 0 Å². The van der Waals surface area contributed by atoms with Crippen molar-refractivity contribution in [2.45, 2.75) is 25.4 Å². The lowest BCUT2D eigenvalue weighted by molar-refractivity contribution is -0.134. The lowest BCUT2D eigenvalue weighted by atomic mass is 10.1. The number of piperidine rings is 1. The Morgan fingerprint density at radius 2 is 2.18 bits per heavy atom. The van der Waals surface area contributed by atoms with Crippen LogP contribution in [0.4, 0.5) is 5.69 Å². The van der Waals surface area contributed by atoms with E-state index in [0.717, 1.165) is 12.8 Å². The van der Waals surface area contributed by atoms with E-state index in [1.807, 2.05) is 24.3 Å². The third kappa shape index (κ3) is 3.06. The van der Waals surface area contributed by atoms with E-state index in [0.29, 0.717) is 31.1 Å². The maximum atomic E-state index is 12.3. The summed E-state index contributed by atoms with van der Waals surface area (Å²) >= 11 is 0. The highest BCUT2D eigenvalue weighted by atomic mass is 16.5. The molecule has 3 rings (SSSR count). The van der Waals surface area contributed by atoms with Crippen LogP contribution in [-0.4, -0.2) is 54.2 Å². The molecule has 1 atom stereocenters. The number of aliphatic hydroxyl groups excluding tert-OH is 1. The quantitative estimate of drug-likeness (QED) is 0.896. The second kappa shape index (κ2) is 6.36. The van der Waals surface area contributed by atoms with Gasteiger partial charge in [-0.2, -0.15) is 0 Å². The van der Waals surface area contributed by atoms with Gasteiger partial charge < -0.3 is 19.6 Å². The topological polar surface area (TPSA) is 70.1 Å². The molecule has 0 bridgehead atoms. The Balaban J connectivity index is 1.63. The molecule has 1 N–H and O–H groups in total. The Bertz CT molecular complexity index is 575. The number of rotatable bonds is 3. The Labute approximate surface area is 129 Å². The van der Waals surface area contributed by atoms with Gasteiger partial charge in [-0.05, 0) is 25.0 Å². The first-order valence-electron chi connectivity index (χ1n) is 7.63. The summed E-state index contributed by atoms with van der Waals surface area (Å²) in [6, 6.07) is 7.34. The van der Waals surface area contributed by atoms with Gasteiger partial charge in [0, 0.05) is 26.1 Å². The second-order valence-electron chi connectivity index (χ2n) is 5.69. The maximum Gasteiger partial charge on any atom is 0.265 e. The predicted molar refractivity (Wildman–Crippen MR) is 80.7 cm³/mol. The molecule has 1 aromatic carbocycles. The minimum atomic E-state index is -0.427. The number of nitrogens with zero attached hydrogens (tertiary/aromatic N) is 2. The van der Waals surface area contributed by atoms with Gasteiger partial charge >= 0.3 is 0 Å². The highest BCUT2D eigenvalue weighted by molar-refractivity contribution is 5.98. The lowest BCUT2D eigenvalue weighted by Gasteiger charge is -2.32. The highest BCUT2D eigenvalue weighted by Gasteiger charge is 2.27. The molecule has 2 aliphatic rings. The van der Waals surface area contributed by atoms with E-state index < -0.39 is 6.10 Å². The van der Waals surface area contributed by atoms with Crippen LogP contribution in [0.15, 0.2) is 24.3 Å². The molecule has 2 heterocycles. The zero-order chi connectivity index (χ0) is 15.5. The van der Waals surface area contributed by atoms with Crippen molar-refractivity contribution < 1.29 is 19.4 Å². The van der Waals surface area contributed by atoms with Gasteiger partial charge in [0.1, 0.15) is 5.75 Å². The van der Waals surface area contributed by atoms with Crippen LogP contribution in [0.2, 0.25) is 0 Å². The molecule has 0 spiro atoms. The van der Waals surface area contributed by atoms with Crippen molar-refractivity contribution in [2.24, 2.45) is 0 Å². The first kappa shape index (κ1) is 14.8. The van der Waals surface area contributed by atoms with Crippen LogP contribution in [-0.2, 0) is 9.59 Å². The number of fused-ring (bicyclic) bond motifs is 1. The SMILES string of the molecule is O=C(CCN1C(=O)COc2ccccc21)N1CCC[C@@H](O)C1. The van der Waals surface area contributed by atoms with Crippen molar-refractivity contribution in [3.05, 3.63) is 24.3 Å². The van der Waals surface area contributed by atoms with E-state index in [-0.39, 0.29) is 24.8 Å². The molecule has 0 aromatic heterocycles. The summed E-state index contributed by atoms with van der Waals surface area (Å²) < 4.78 is 5.38. The molecular weight excluding hydrogens is 284 g/mol. The van der Waals surface area contributed by atoms with E-state index in [1.54, 1.807) is 9.80 Å². The number of amides is 2. The fourth-order valence-corrected chi connectivity index (χ4v) is 2.95. The van der Waals surface area contributed by atoms with Crippen molar-refractivity contribution >= 4 is 17.5 Å². The maximum absolute atomic E-state index is 12.3. The zero-order valence-corrected chi connectivity index (χ0v) is 12.4. The van der Waals surface area contributed by atoms with Crippen LogP contribution < -0.4 is 9.64 Å². The molecule has 6 heteroatoms. The molecule has 0 saturated carbocycles. The number of hydrogen-bond acceptors (Lipinski definition) is 4. The van der Waals surface area contributed by atoms with Crippen LogP contribution in [0.1, 0.15) is 19.3 Å². The number of hydrogen-bond donors (Lipinski definition) is 1. The van der Waals surface area contributed by atoms with E-state index >= 15 is 0 Å². The average Bonchev–Trinajstić information content (AvgIpc) is 2.53. The molecule has 2 aliphatic heterocycles. The molecule has 0 radical (unpaired) electrons. The summed E-state index contributed by atoms with van der Waals surface area (Å²) in [7, 11) is 0. The standard InChI is InChI=1S/C16H20N2O4/c19-12-4-3-8-17(10-12)15(20)7-9-18-13-5-1-2-6-14(13)22-11-16(18)21/h1-2,5-6,12,19H,3-4,7-11H2/t12-/m1/s1. The van der Waals surface area contributed by atoms with Crippen molar-refractivity contribution in [3.63, 3.8) is 0 Å². The van der Waals surface area contributed by atoms with Crippen molar-refractivity contribution in [3.8, 4) is 5.75 Å². The van der Waals surface area contributed by atoms with Crippen molar-refractivity contribution in [2.75, 3.05) is 31.1 Å². The van der Waals surface area contributed by atoms with Gasteiger partial charge in [-0.15, -0.1) is 0 Å². The van der Waals surface area contributed by atoms with Crippen molar-refractivity contribution in [1.29, 1.82) is 0 Å². The minimum Gasteiger partial charge on any atom is -0.482 e. The van der Waals surface area contributed by atoms with E-state index in [9.17, 15) is 14.7 Å². The third-order valence-corrected chi connectivity index (χ3v) is 4.11. The number of likely N-dealkylation sites (tertiary alicyclic amines) is 1. The summed E-state index contributed by atoms with van der Waals surface area (Å²) in [6.07, 6.45) is 1.40. The Kier molecular flexibility index (Phi) is 4.29. The molecule has 1 saturated heterocycles. The number of β-amino-alcohol motifs (C(OH)–C–C–N with tert-alkyl or cyclic N) is 1. The molecule has 0 unspecified atom stereocenters. The molecule has 1 fully saturated rings. The number of benzene rings is 1. The van der Waals surface area contributed by atoms with Gasteiger partial charge in [0.2, 0.25) is 5.91 Å². The predicted octanol–water partition coefficient (Wildman–Crippen LogP) is 0.785. The summed E-state index contributed by atoms with van der Waals surface area (Å²) in [5.41, 5.74) is 0.713. The number of ether oxygens (including phenoxy) is 1. The molecular formula is C16H20N2O4. The van der Waals surface area contributed by atoms with E-state index in [1.165, 1.54) is 0 Å². The average molecular weight is 304 g/mol. The summed E-state index contributed by atoms with van der Waals surface area (Å²) in [4.78, 5) is 27.6. The molecule has 0 aliphatic carbocycles. The molecule has 2 amide bonds. The molecule has 22 heavy (non-hydrogen) atoms. The molecule has 1 aromatic rings. The number of anilines is 1. The van der Waals surface area contributed by atoms with Gasteiger partial charge in [0.25, 0.3) is 5.91 Å². The molecule has 6 nitrogen and oxygen atoms in total.